The highest BCUT2D eigenvalue weighted by Crippen LogP contribution is 2.12. The highest BCUT2D eigenvalue weighted by molar-refractivity contribution is 5.91. The van der Waals surface area contributed by atoms with E-state index in [4.69, 9.17) is 0 Å². The van der Waals surface area contributed by atoms with Crippen LogP contribution in [-0.4, -0.2) is 33.1 Å². The lowest BCUT2D eigenvalue weighted by atomic mass is 10.2. The second kappa shape index (κ2) is 4.32. The number of hydrogen-bond donors (Lipinski definition) is 0. The number of carbonyl (C=O) groups is 1. The van der Waals surface area contributed by atoms with Gasteiger partial charge in [-0.2, -0.15) is 10.2 Å². The second-order valence-electron chi connectivity index (χ2n) is 3.59. The molecule has 6 heteroatoms. The van der Waals surface area contributed by atoms with E-state index in [2.05, 4.69) is 19.9 Å². The summed E-state index contributed by atoms with van der Waals surface area (Å²) in [6, 6.07) is 3.54. The highest BCUT2D eigenvalue weighted by atomic mass is 16.5. The number of esters is 1. The number of pyridine rings is 1. The van der Waals surface area contributed by atoms with Crippen LogP contribution in [0.15, 0.2) is 18.3 Å². The van der Waals surface area contributed by atoms with E-state index in [9.17, 15) is 4.79 Å². The maximum Gasteiger partial charge on any atom is 0.358 e. The van der Waals surface area contributed by atoms with Crippen LogP contribution in [-0.2, 0) is 4.74 Å². The minimum absolute atomic E-state index is 0.211. The normalized spacial score (nSPS) is 10.3. The molecular formula is C11H12N4O2. The van der Waals surface area contributed by atoms with E-state index in [-0.39, 0.29) is 5.69 Å². The Hall–Kier alpha value is -2.24. The summed E-state index contributed by atoms with van der Waals surface area (Å²) in [5.74, 6) is -0.501. The van der Waals surface area contributed by atoms with Crippen molar-refractivity contribution in [2.45, 2.75) is 13.8 Å². The summed E-state index contributed by atoms with van der Waals surface area (Å²) >= 11 is 0. The lowest BCUT2D eigenvalue weighted by Crippen LogP contribution is -2.12. The smallest absolute Gasteiger partial charge is 0.358 e. The fourth-order valence-electron chi connectivity index (χ4n) is 1.41. The van der Waals surface area contributed by atoms with Crippen LogP contribution >= 0.6 is 0 Å². The van der Waals surface area contributed by atoms with E-state index in [1.165, 1.54) is 11.9 Å². The van der Waals surface area contributed by atoms with E-state index < -0.39 is 5.97 Å². The van der Waals surface area contributed by atoms with Crippen LogP contribution in [0.4, 0.5) is 0 Å². The number of ether oxygens (including phenoxy) is 1. The van der Waals surface area contributed by atoms with E-state index in [0.29, 0.717) is 5.69 Å². The van der Waals surface area contributed by atoms with Crippen molar-refractivity contribution in [3.63, 3.8) is 0 Å². The van der Waals surface area contributed by atoms with Crippen molar-refractivity contribution in [1.82, 2.24) is 20.0 Å². The third kappa shape index (κ3) is 2.15. The number of aryl methyl sites for hydroxylation is 2. The van der Waals surface area contributed by atoms with Crippen molar-refractivity contribution in [1.29, 1.82) is 0 Å². The number of rotatable bonds is 2. The van der Waals surface area contributed by atoms with Crippen LogP contribution in [0, 0.1) is 13.8 Å². The van der Waals surface area contributed by atoms with E-state index in [1.807, 2.05) is 6.92 Å². The van der Waals surface area contributed by atoms with Gasteiger partial charge < -0.3 is 4.74 Å². The second-order valence-corrected chi connectivity index (χ2v) is 3.59. The molecular weight excluding hydrogens is 220 g/mol. The Balaban J connectivity index is 2.57. The molecule has 0 saturated heterocycles. The molecule has 0 radical (unpaired) electrons. The van der Waals surface area contributed by atoms with Gasteiger partial charge in [-0.1, -0.05) is 0 Å². The lowest BCUT2D eigenvalue weighted by molar-refractivity contribution is 0.0593. The van der Waals surface area contributed by atoms with Crippen molar-refractivity contribution in [2.24, 2.45) is 0 Å². The van der Waals surface area contributed by atoms with Crippen molar-refractivity contribution < 1.29 is 9.53 Å². The van der Waals surface area contributed by atoms with Gasteiger partial charge in [0.1, 0.15) is 5.69 Å². The molecule has 0 atom stereocenters. The first-order valence-corrected chi connectivity index (χ1v) is 5.07. The summed E-state index contributed by atoms with van der Waals surface area (Å²) in [5, 5.41) is 8.20. The molecule has 0 saturated carbocycles. The first-order chi connectivity index (χ1) is 8.11. The van der Waals surface area contributed by atoms with Gasteiger partial charge in [0.25, 0.3) is 0 Å². The molecule has 2 aromatic rings. The van der Waals surface area contributed by atoms with Crippen LogP contribution in [0.25, 0.3) is 5.69 Å². The van der Waals surface area contributed by atoms with E-state index >= 15 is 0 Å². The first kappa shape index (κ1) is 11.3. The quantitative estimate of drug-likeness (QED) is 0.724. The molecule has 17 heavy (non-hydrogen) atoms. The summed E-state index contributed by atoms with van der Waals surface area (Å²) in [5.41, 5.74) is 2.22. The van der Waals surface area contributed by atoms with Gasteiger partial charge in [-0.05, 0) is 26.0 Å². The summed E-state index contributed by atoms with van der Waals surface area (Å²) < 4.78 is 4.69. The van der Waals surface area contributed by atoms with Gasteiger partial charge in [-0.25, -0.2) is 9.78 Å². The van der Waals surface area contributed by atoms with Gasteiger partial charge >= 0.3 is 5.97 Å². The Morgan fingerprint density at radius 1 is 1.29 bits per heavy atom. The molecule has 2 heterocycles. The molecule has 6 nitrogen and oxygen atoms in total. The van der Waals surface area contributed by atoms with Gasteiger partial charge in [0.15, 0.2) is 5.69 Å². The fourth-order valence-corrected chi connectivity index (χ4v) is 1.41. The molecule has 0 spiro atoms. The Labute approximate surface area is 98.2 Å². The summed E-state index contributed by atoms with van der Waals surface area (Å²) in [4.78, 5) is 17.1. The van der Waals surface area contributed by atoms with Crippen LogP contribution in [0.5, 0.6) is 0 Å². The Kier molecular flexibility index (Phi) is 2.86. The van der Waals surface area contributed by atoms with Crippen molar-refractivity contribution in [3.05, 3.63) is 35.4 Å². The van der Waals surface area contributed by atoms with Crippen molar-refractivity contribution >= 4 is 5.97 Å². The standard InChI is InChI=1S/C11H12N4O2/c1-7-4-5-9(10(13-7)11(16)17-3)15-12-6-8(2)14-15/h4-6H,1-3H3. The molecule has 0 aliphatic carbocycles. The SMILES string of the molecule is COC(=O)c1nc(C)ccc1-n1ncc(C)n1. The summed E-state index contributed by atoms with van der Waals surface area (Å²) in [6.07, 6.45) is 1.61. The van der Waals surface area contributed by atoms with E-state index in [0.717, 1.165) is 11.4 Å². The summed E-state index contributed by atoms with van der Waals surface area (Å²) in [7, 11) is 1.32. The molecule has 0 bridgehead atoms. The number of methoxy groups -OCH3 is 1. The van der Waals surface area contributed by atoms with Crippen LogP contribution in [0.3, 0.4) is 0 Å². The largest absolute Gasteiger partial charge is 0.464 e. The number of carbonyl (C=O) groups excluding carboxylic acids is 1. The average Bonchev–Trinajstić information content (AvgIpc) is 2.74. The van der Waals surface area contributed by atoms with E-state index in [1.54, 1.807) is 25.3 Å². The molecule has 0 amide bonds. The molecule has 0 aliphatic heterocycles. The van der Waals surface area contributed by atoms with Gasteiger partial charge in [0.2, 0.25) is 0 Å². The van der Waals surface area contributed by atoms with Gasteiger partial charge in [-0.15, -0.1) is 4.80 Å². The Bertz CT molecular complexity index is 562. The topological polar surface area (TPSA) is 69.9 Å². The Morgan fingerprint density at radius 2 is 2.06 bits per heavy atom. The lowest BCUT2D eigenvalue weighted by Gasteiger charge is -2.06. The van der Waals surface area contributed by atoms with Gasteiger partial charge in [0.05, 0.1) is 19.0 Å². The fraction of sp³-hybridized carbons (Fsp3) is 0.273. The maximum atomic E-state index is 11.6. The van der Waals surface area contributed by atoms with Crippen molar-refractivity contribution in [3.8, 4) is 5.69 Å². The molecule has 2 rings (SSSR count). The van der Waals surface area contributed by atoms with Gasteiger partial charge in [-0.3, -0.25) is 0 Å². The Morgan fingerprint density at radius 3 is 2.65 bits per heavy atom. The minimum atomic E-state index is -0.501. The number of hydrogen-bond acceptors (Lipinski definition) is 5. The predicted molar refractivity (Wildman–Crippen MR) is 60.0 cm³/mol. The van der Waals surface area contributed by atoms with Crippen LogP contribution < -0.4 is 0 Å². The molecule has 0 aromatic carbocycles. The number of nitrogens with zero attached hydrogens (tertiary/aromatic N) is 4. The molecule has 88 valence electrons. The zero-order chi connectivity index (χ0) is 12.4. The van der Waals surface area contributed by atoms with Crippen LogP contribution in [0.2, 0.25) is 0 Å². The molecule has 2 aromatic heterocycles. The molecule has 0 fully saturated rings. The molecule has 0 unspecified atom stereocenters. The zero-order valence-electron chi connectivity index (χ0n) is 9.84. The first-order valence-electron chi connectivity index (χ1n) is 5.07. The highest BCUT2D eigenvalue weighted by Gasteiger charge is 2.16. The maximum absolute atomic E-state index is 11.6. The third-order valence-electron chi connectivity index (χ3n) is 2.21. The van der Waals surface area contributed by atoms with Crippen LogP contribution in [0.1, 0.15) is 21.9 Å². The van der Waals surface area contributed by atoms with Crippen molar-refractivity contribution in [2.75, 3.05) is 7.11 Å². The number of aromatic nitrogens is 4. The minimum Gasteiger partial charge on any atom is -0.464 e. The predicted octanol–water partition coefficient (Wildman–Crippen LogP) is 1.07. The van der Waals surface area contributed by atoms with Gasteiger partial charge in [0, 0.05) is 5.69 Å². The average molecular weight is 232 g/mol. The molecule has 0 N–H and O–H groups in total. The monoisotopic (exact) mass is 232 g/mol. The zero-order valence-corrected chi connectivity index (χ0v) is 9.84. The third-order valence-corrected chi connectivity index (χ3v) is 2.21. The summed E-state index contributed by atoms with van der Waals surface area (Å²) in [6.45, 7) is 3.63. The molecule has 0 aliphatic rings.